The lowest BCUT2D eigenvalue weighted by Gasteiger charge is -2.13. The summed E-state index contributed by atoms with van der Waals surface area (Å²) in [5.74, 6) is 0.663. The number of pyridine rings is 2. The van der Waals surface area contributed by atoms with Crippen LogP contribution in [0.5, 0.6) is 0 Å². The molecule has 0 aliphatic heterocycles. The fraction of sp³-hybridized carbons (Fsp3) is 0.200. The van der Waals surface area contributed by atoms with Gasteiger partial charge in [0.2, 0.25) is 0 Å². The van der Waals surface area contributed by atoms with Gasteiger partial charge in [0, 0.05) is 25.0 Å². The van der Waals surface area contributed by atoms with Crippen molar-refractivity contribution in [1.82, 2.24) is 9.55 Å². The van der Waals surface area contributed by atoms with Gasteiger partial charge in [-0.2, -0.15) is 0 Å². The van der Waals surface area contributed by atoms with E-state index in [1.54, 1.807) is 17.8 Å². The van der Waals surface area contributed by atoms with Gasteiger partial charge in [0.15, 0.2) is 0 Å². The third kappa shape index (κ3) is 3.08. The van der Waals surface area contributed by atoms with Crippen molar-refractivity contribution in [3.63, 3.8) is 0 Å². The van der Waals surface area contributed by atoms with Crippen LogP contribution in [0, 0.1) is 20.8 Å². The maximum Gasteiger partial charge on any atom is 0.274 e. The first-order valence-corrected chi connectivity index (χ1v) is 7.92. The minimum Gasteiger partial charge on any atom is -0.336 e. The highest BCUT2D eigenvalue weighted by molar-refractivity contribution is 5.72. The quantitative estimate of drug-likeness (QED) is 0.790. The van der Waals surface area contributed by atoms with Gasteiger partial charge in [0.1, 0.15) is 11.5 Å². The third-order valence-corrected chi connectivity index (χ3v) is 4.27. The Morgan fingerprint density at radius 2 is 1.88 bits per heavy atom. The van der Waals surface area contributed by atoms with Gasteiger partial charge < -0.3 is 9.88 Å². The molecule has 0 atom stereocenters. The van der Waals surface area contributed by atoms with Gasteiger partial charge in [-0.25, -0.2) is 4.98 Å². The van der Waals surface area contributed by atoms with Crippen LogP contribution < -0.4 is 10.9 Å². The molecule has 0 bridgehead atoms. The maximum atomic E-state index is 12.4. The molecular weight excluding hydrogens is 298 g/mol. The molecule has 2 heterocycles. The summed E-state index contributed by atoms with van der Waals surface area (Å²) in [4.78, 5) is 16.8. The fourth-order valence-corrected chi connectivity index (χ4v) is 2.69. The second kappa shape index (κ2) is 6.32. The molecule has 0 spiro atoms. The first-order valence-electron chi connectivity index (χ1n) is 7.92. The lowest BCUT2D eigenvalue weighted by atomic mass is 9.98. The molecule has 0 aliphatic rings. The SMILES string of the molecule is Cc1ccc(Nc2cc(-c3cccc(C)c3C)cn(C)c2=O)nc1. The number of nitrogens with one attached hydrogen (secondary N) is 1. The second-order valence-electron chi connectivity index (χ2n) is 6.15. The molecule has 0 saturated heterocycles. The van der Waals surface area contributed by atoms with E-state index in [-0.39, 0.29) is 5.56 Å². The second-order valence-corrected chi connectivity index (χ2v) is 6.15. The molecule has 0 fully saturated rings. The smallest absolute Gasteiger partial charge is 0.274 e. The largest absolute Gasteiger partial charge is 0.336 e. The Morgan fingerprint density at radius 3 is 2.58 bits per heavy atom. The van der Waals surface area contributed by atoms with Crippen molar-refractivity contribution in [3.05, 3.63) is 75.8 Å². The molecule has 0 aliphatic carbocycles. The van der Waals surface area contributed by atoms with E-state index in [4.69, 9.17) is 0 Å². The van der Waals surface area contributed by atoms with E-state index < -0.39 is 0 Å². The van der Waals surface area contributed by atoms with Gasteiger partial charge >= 0.3 is 0 Å². The third-order valence-electron chi connectivity index (χ3n) is 4.27. The first-order chi connectivity index (χ1) is 11.5. The van der Waals surface area contributed by atoms with E-state index in [1.807, 2.05) is 37.4 Å². The number of nitrogens with zero attached hydrogens (tertiary/aromatic N) is 2. The van der Waals surface area contributed by atoms with Crippen molar-refractivity contribution in [2.24, 2.45) is 7.05 Å². The predicted octanol–water partition coefficient (Wildman–Crippen LogP) is 4.12. The van der Waals surface area contributed by atoms with E-state index in [2.05, 4.69) is 36.3 Å². The molecule has 1 N–H and O–H groups in total. The lowest BCUT2D eigenvalue weighted by molar-refractivity contribution is 0.864. The zero-order chi connectivity index (χ0) is 17.3. The highest BCUT2D eigenvalue weighted by atomic mass is 16.1. The van der Waals surface area contributed by atoms with Crippen LogP contribution in [0.2, 0.25) is 0 Å². The summed E-state index contributed by atoms with van der Waals surface area (Å²) >= 11 is 0. The van der Waals surface area contributed by atoms with E-state index in [0.717, 1.165) is 16.7 Å². The Morgan fingerprint density at radius 1 is 1.08 bits per heavy atom. The number of anilines is 2. The number of hydrogen-bond acceptors (Lipinski definition) is 3. The fourth-order valence-electron chi connectivity index (χ4n) is 2.69. The normalized spacial score (nSPS) is 10.7. The number of hydrogen-bond donors (Lipinski definition) is 1. The van der Waals surface area contributed by atoms with Gasteiger partial charge in [-0.1, -0.05) is 24.3 Å². The monoisotopic (exact) mass is 319 g/mol. The minimum atomic E-state index is -0.0774. The van der Waals surface area contributed by atoms with Gasteiger partial charge in [-0.15, -0.1) is 0 Å². The average Bonchev–Trinajstić information content (AvgIpc) is 2.56. The van der Waals surface area contributed by atoms with E-state index >= 15 is 0 Å². The van der Waals surface area contributed by atoms with E-state index in [0.29, 0.717) is 11.5 Å². The van der Waals surface area contributed by atoms with Gasteiger partial charge in [0.05, 0.1) is 0 Å². The molecule has 0 saturated carbocycles. The molecular formula is C20H21N3O. The Labute approximate surface area is 141 Å². The van der Waals surface area contributed by atoms with Crippen molar-refractivity contribution in [3.8, 4) is 11.1 Å². The molecule has 0 amide bonds. The zero-order valence-electron chi connectivity index (χ0n) is 14.4. The van der Waals surface area contributed by atoms with E-state index in [1.165, 1.54) is 11.1 Å². The molecule has 0 radical (unpaired) electrons. The lowest BCUT2D eigenvalue weighted by Crippen LogP contribution is -2.19. The molecule has 3 rings (SSSR count). The van der Waals surface area contributed by atoms with Crippen molar-refractivity contribution in [2.45, 2.75) is 20.8 Å². The van der Waals surface area contributed by atoms with Crippen molar-refractivity contribution in [2.75, 3.05) is 5.32 Å². The average molecular weight is 319 g/mol. The van der Waals surface area contributed by atoms with Gasteiger partial charge in [-0.3, -0.25) is 4.79 Å². The maximum absolute atomic E-state index is 12.4. The standard InChI is InChI=1S/C20H21N3O/c1-13-8-9-19(21-11-13)22-18-10-16(12-23(4)20(18)24)17-7-5-6-14(2)15(17)3/h5-12H,1-4H3,(H,21,22). The molecule has 0 unspecified atom stereocenters. The Balaban J connectivity index is 2.07. The Kier molecular flexibility index (Phi) is 4.21. The first kappa shape index (κ1) is 16.0. The summed E-state index contributed by atoms with van der Waals surface area (Å²) in [6.45, 7) is 6.18. The Hall–Kier alpha value is -2.88. The molecule has 24 heavy (non-hydrogen) atoms. The van der Waals surface area contributed by atoms with Crippen LogP contribution in [-0.2, 0) is 7.05 Å². The van der Waals surface area contributed by atoms with Crippen LogP contribution in [0.3, 0.4) is 0 Å². The van der Waals surface area contributed by atoms with Crippen LogP contribution in [-0.4, -0.2) is 9.55 Å². The van der Waals surface area contributed by atoms with Crippen molar-refractivity contribution in [1.29, 1.82) is 0 Å². The molecule has 3 aromatic rings. The minimum absolute atomic E-state index is 0.0774. The molecule has 4 heteroatoms. The van der Waals surface area contributed by atoms with Crippen molar-refractivity contribution >= 4 is 11.5 Å². The Bertz CT molecular complexity index is 940. The van der Waals surface area contributed by atoms with Crippen LogP contribution in [0.15, 0.2) is 53.6 Å². The zero-order valence-corrected chi connectivity index (χ0v) is 14.4. The highest BCUT2D eigenvalue weighted by Crippen LogP contribution is 2.26. The molecule has 122 valence electrons. The number of aromatic nitrogens is 2. The van der Waals surface area contributed by atoms with Crippen LogP contribution in [0.25, 0.3) is 11.1 Å². The van der Waals surface area contributed by atoms with Gasteiger partial charge in [-0.05, 0) is 55.2 Å². The highest BCUT2D eigenvalue weighted by Gasteiger charge is 2.10. The summed E-state index contributed by atoms with van der Waals surface area (Å²) in [5, 5.41) is 3.14. The van der Waals surface area contributed by atoms with Crippen LogP contribution >= 0.6 is 0 Å². The predicted molar refractivity (Wildman–Crippen MR) is 98.8 cm³/mol. The van der Waals surface area contributed by atoms with E-state index in [9.17, 15) is 4.79 Å². The molecule has 1 aromatic carbocycles. The van der Waals surface area contributed by atoms with Gasteiger partial charge in [0.25, 0.3) is 5.56 Å². The molecule has 4 nitrogen and oxygen atoms in total. The molecule has 2 aromatic heterocycles. The summed E-state index contributed by atoms with van der Waals surface area (Å²) in [6.07, 6.45) is 3.65. The number of rotatable bonds is 3. The summed E-state index contributed by atoms with van der Waals surface area (Å²) in [5.41, 5.74) is 6.11. The van der Waals surface area contributed by atoms with Crippen molar-refractivity contribution < 1.29 is 0 Å². The number of benzene rings is 1. The summed E-state index contributed by atoms with van der Waals surface area (Å²) < 4.78 is 1.60. The van der Waals surface area contributed by atoms with Crippen LogP contribution in [0.1, 0.15) is 16.7 Å². The summed E-state index contributed by atoms with van der Waals surface area (Å²) in [7, 11) is 1.77. The van der Waals surface area contributed by atoms with Crippen LogP contribution in [0.4, 0.5) is 11.5 Å². The topological polar surface area (TPSA) is 46.9 Å². The summed E-state index contributed by atoms with van der Waals surface area (Å²) in [6, 6.07) is 11.9. The number of aryl methyl sites for hydroxylation is 3.